The smallest absolute Gasteiger partial charge is 0.207 e. The zero-order chi connectivity index (χ0) is 33.2. The molecule has 1 aliphatic heterocycles. The van der Waals surface area contributed by atoms with Crippen LogP contribution in [0.15, 0.2) is 82.6 Å². The van der Waals surface area contributed by atoms with E-state index in [1.807, 2.05) is 38.1 Å². The van der Waals surface area contributed by atoms with Crippen LogP contribution in [0, 0.1) is 13.8 Å². The van der Waals surface area contributed by atoms with Crippen LogP contribution in [-0.2, 0) is 69.2 Å². The Morgan fingerprint density at radius 2 is 0.739 bits per heavy atom. The van der Waals surface area contributed by atoms with E-state index in [1.165, 1.54) is 8.61 Å². The standard InChI is InChI=1S/C34H38N2O4S6/c1-23-3-7-33(8-4-23)45(37,38)35-15-25-11-27(31(21-43)13-29(25)19-41)17-36(46(39,40)34-9-5-24(2)6-10-34)18-28-12-26(16-35)30(20-42)14-32(28)22-44/h3-14,41-44H,15-22H2,1-2H3. The van der Waals surface area contributed by atoms with Gasteiger partial charge in [-0.3, -0.25) is 0 Å². The summed E-state index contributed by atoms with van der Waals surface area (Å²) in [6.07, 6.45) is 0. The quantitative estimate of drug-likeness (QED) is 0.146. The maximum Gasteiger partial charge on any atom is 0.243 e. The lowest BCUT2D eigenvalue weighted by Crippen LogP contribution is -2.33. The van der Waals surface area contributed by atoms with Gasteiger partial charge in [-0.1, -0.05) is 59.7 Å². The largest absolute Gasteiger partial charge is 0.243 e. The first kappa shape index (κ1) is 35.4. The third kappa shape index (κ3) is 7.39. The highest BCUT2D eigenvalue weighted by atomic mass is 32.2. The number of benzene rings is 4. The molecule has 0 amide bonds. The summed E-state index contributed by atoms with van der Waals surface area (Å²) in [6.45, 7) is 4.14. The molecule has 12 heteroatoms. The van der Waals surface area contributed by atoms with E-state index in [2.05, 4.69) is 50.5 Å². The van der Waals surface area contributed by atoms with Crippen molar-refractivity contribution in [2.75, 3.05) is 0 Å². The lowest BCUT2D eigenvalue weighted by Gasteiger charge is -2.29. The molecular weight excluding hydrogens is 693 g/mol. The molecule has 0 spiro atoms. The van der Waals surface area contributed by atoms with E-state index in [0.29, 0.717) is 23.0 Å². The molecule has 4 aromatic carbocycles. The number of hydrogen-bond acceptors (Lipinski definition) is 8. The van der Waals surface area contributed by atoms with Crippen molar-refractivity contribution < 1.29 is 16.8 Å². The zero-order valence-electron chi connectivity index (χ0n) is 25.7. The molecular formula is C34H38N2O4S6. The minimum absolute atomic E-state index is 0.0757. The average molecular weight is 731 g/mol. The van der Waals surface area contributed by atoms with Gasteiger partial charge in [0.15, 0.2) is 0 Å². The summed E-state index contributed by atoms with van der Waals surface area (Å²) in [6, 6.07) is 21.5. The molecule has 0 saturated carbocycles. The Labute approximate surface area is 295 Å². The summed E-state index contributed by atoms with van der Waals surface area (Å²) < 4.78 is 60.2. The molecule has 0 N–H and O–H groups in total. The second-order valence-corrected chi connectivity index (χ2v) is 16.7. The van der Waals surface area contributed by atoms with Gasteiger partial charge in [0.05, 0.1) is 9.79 Å². The van der Waals surface area contributed by atoms with Crippen molar-refractivity contribution in [1.29, 1.82) is 0 Å². The average Bonchev–Trinajstić information content (AvgIpc) is 3.04. The van der Waals surface area contributed by atoms with Gasteiger partial charge >= 0.3 is 0 Å². The number of fused-ring (bicyclic) bond motifs is 4. The summed E-state index contributed by atoms with van der Waals surface area (Å²) in [5, 5.41) is 0. The summed E-state index contributed by atoms with van der Waals surface area (Å²) in [4.78, 5) is 0.416. The van der Waals surface area contributed by atoms with Crippen LogP contribution >= 0.6 is 50.5 Å². The van der Waals surface area contributed by atoms with Crippen molar-refractivity contribution in [2.24, 2.45) is 0 Å². The normalized spacial score (nSPS) is 14.9. The lowest BCUT2D eigenvalue weighted by molar-refractivity contribution is 0.389. The van der Waals surface area contributed by atoms with Crippen LogP contribution in [0.2, 0.25) is 0 Å². The molecule has 244 valence electrons. The molecule has 0 aliphatic carbocycles. The number of thiol groups is 4. The predicted molar refractivity (Wildman–Crippen MR) is 199 cm³/mol. The van der Waals surface area contributed by atoms with Gasteiger partial charge in [-0.05, 0) is 82.6 Å². The summed E-state index contributed by atoms with van der Waals surface area (Å²) in [7, 11) is -7.87. The summed E-state index contributed by atoms with van der Waals surface area (Å²) in [5.74, 6) is 1.51. The van der Waals surface area contributed by atoms with Crippen molar-refractivity contribution in [2.45, 2.75) is 72.8 Å². The Bertz CT molecular complexity index is 1740. The van der Waals surface area contributed by atoms with Crippen LogP contribution in [0.25, 0.3) is 0 Å². The van der Waals surface area contributed by atoms with Gasteiger partial charge in [0, 0.05) is 49.2 Å². The maximum absolute atomic E-state index is 14.3. The first-order valence-electron chi connectivity index (χ1n) is 14.8. The fourth-order valence-electron chi connectivity index (χ4n) is 5.69. The van der Waals surface area contributed by atoms with E-state index < -0.39 is 20.0 Å². The van der Waals surface area contributed by atoms with Gasteiger partial charge in [0.1, 0.15) is 0 Å². The highest BCUT2D eigenvalue weighted by Crippen LogP contribution is 2.33. The second kappa shape index (κ2) is 14.7. The maximum atomic E-state index is 14.3. The Balaban J connectivity index is 1.75. The molecule has 6 nitrogen and oxygen atoms in total. The number of nitrogens with zero attached hydrogens (tertiary/aromatic N) is 2. The highest BCUT2D eigenvalue weighted by Gasteiger charge is 2.31. The predicted octanol–water partition coefficient (Wildman–Crippen LogP) is 7.12. The van der Waals surface area contributed by atoms with Crippen molar-refractivity contribution in [3.05, 3.63) is 128 Å². The van der Waals surface area contributed by atoms with Crippen LogP contribution < -0.4 is 0 Å². The Morgan fingerprint density at radius 3 is 0.978 bits per heavy atom. The summed E-state index contributed by atoms with van der Waals surface area (Å²) in [5.41, 5.74) is 8.45. The van der Waals surface area contributed by atoms with E-state index in [4.69, 9.17) is 0 Å². The first-order chi connectivity index (χ1) is 21.9. The SMILES string of the molecule is Cc1ccc(S(=O)(=O)N2Cc3cc(c(CS)cc3CS)CN(S(=O)(=O)c3ccc(C)cc3)Cc3cc(c(CS)cc3CS)C2)cc1. The monoisotopic (exact) mass is 730 g/mol. The van der Waals surface area contributed by atoms with E-state index in [-0.39, 0.29) is 36.0 Å². The van der Waals surface area contributed by atoms with E-state index >= 15 is 0 Å². The zero-order valence-corrected chi connectivity index (χ0v) is 30.9. The molecule has 0 aromatic heterocycles. The van der Waals surface area contributed by atoms with Crippen molar-refractivity contribution in [1.82, 2.24) is 8.61 Å². The van der Waals surface area contributed by atoms with Crippen LogP contribution in [0.5, 0.6) is 0 Å². The van der Waals surface area contributed by atoms with Gasteiger partial charge < -0.3 is 0 Å². The van der Waals surface area contributed by atoms with Crippen LogP contribution in [0.3, 0.4) is 0 Å². The number of rotatable bonds is 8. The Hall–Kier alpha value is -1.90. The van der Waals surface area contributed by atoms with E-state index in [1.54, 1.807) is 48.5 Å². The number of hydrogen-bond donors (Lipinski definition) is 4. The molecule has 0 fully saturated rings. The molecule has 1 aliphatic rings. The first-order valence-corrected chi connectivity index (χ1v) is 20.2. The second-order valence-electron chi connectivity index (χ2n) is 11.6. The van der Waals surface area contributed by atoms with Crippen molar-refractivity contribution in [3.8, 4) is 0 Å². The topological polar surface area (TPSA) is 74.8 Å². The van der Waals surface area contributed by atoms with Crippen molar-refractivity contribution in [3.63, 3.8) is 0 Å². The fraction of sp³-hybridized carbons (Fsp3) is 0.294. The fourth-order valence-corrected chi connectivity index (χ4v) is 9.66. The highest BCUT2D eigenvalue weighted by molar-refractivity contribution is 7.89. The van der Waals surface area contributed by atoms with E-state index in [9.17, 15) is 16.8 Å². The number of aryl methyl sites for hydroxylation is 2. The van der Waals surface area contributed by atoms with Crippen LogP contribution in [0.4, 0.5) is 0 Å². The minimum atomic E-state index is -3.94. The van der Waals surface area contributed by atoms with Crippen LogP contribution in [0.1, 0.15) is 55.6 Å². The third-order valence-electron chi connectivity index (χ3n) is 8.43. The molecule has 5 rings (SSSR count). The van der Waals surface area contributed by atoms with Gasteiger partial charge in [-0.25, -0.2) is 16.8 Å². The molecule has 1 heterocycles. The molecule has 0 radical (unpaired) electrons. The van der Waals surface area contributed by atoms with Crippen LogP contribution in [-0.4, -0.2) is 25.4 Å². The van der Waals surface area contributed by atoms with Gasteiger partial charge in [0.2, 0.25) is 20.0 Å². The van der Waals surface area contributed by atoms with Gasteiger partial charge in [-0.15, -0.1) is 0 Å². The number of sulfonamides is 2. The third-order valence-corrected chi connectivity index (χ3v) is 13.4. The molecule has 0 unspecified atom stereocenters. The minimum Gasteiger partial charge on any atom is -0.207 e. The molecule has 0 atom stereocenters. The lowest BCUT2D eigenvalue weighted by atomic mass is 9.97. The van der Waals surface area contributed by atoms with E-state index in [0.717, 1.165) is 55.6 Å². The molecule has 46 heavy (non-hydrogen) atoms. The molecule has 0 saturated heterocycles. The Kier molecular flexibility index (Phi) is 11.3. The summed E-state index contributed by atoms with van der Waals surface area (Å²) >= 11 is 18.4. The molecule has 4 aromatic rings. The Morgan fingerprint density at radius 1 is 0.478 bits per heavy atom. The van der Waals surface area contributed by atoms with Crippen molar-refractivity contribution >= 4 is 70.6 Å². The van der Waals surface area contributed by atoms with Gasteiger partial charge in [-0.2, -0.15) is 59.1 Å². The van der Waals surface area contributed by atoms with Gasteiger partial charge in [0.25, 0.3) is 0 Å². The molecule has 4 bridgehead atoms.